The molecule has 0 aliphatic carbocycles. The lowest BCUT2D eigenvalue weighted by atomic mass is 10.1. The van der Waals surface area contributed by atoms with Crippen molar-refractivity contribution in [3.8, 4) is 17.1 Å². The van der Waals surface area contributed by atoms with Gasteiger partial charge in [-0.25, -0.2) is 9.97 Å². The largest absolute Gasteiger partial charge is 0.481 e. The highest BCUT2D eigenvalue weighted by molar-refractivity contribution is 6.29. The average molecular weight is 236 g/mol. The van der Waals surface area contributed by atoms with Crippen LogP contribution in [0.2, 0.25) is 5.15 Å². The monoisotopic (exact) mass is 235 g/mol. The molecule has 0 bridgehead atoms. The summed E-state index contributed by atoms with van der Waals surface area (Å²) in [6.07, 6.45) is 1.64. The number of methoxy groups -OCH3 is 1. The van der Waals surface area contributed by atoms with Crippen LogP contribution in [0.25, 0.3) is 11.3 Å². The summed E-state index contributed by atoms with van der Waals surface area (Å²) < 4.78 is 5.03. The van der Waals surface area contributed by atoms with Crippen molar-refractivity contribution in [3.63, 3.8) is 0 Å². The molecule has 0 aliphatic rings. The van der Waals surface area contributed by atoms with Gasteiger partial charge in [-0.15, -0.1) is 0 Å². The van der Waals surface area contributed by atoms with Gasteiger partial charge < -0.3 is 10.5 Å². The smallest absolute Gasteiger partial charge is 0.213 e. The molecule has 0 saturated carbocycles. The summed E-state index contributed by atoms with van der Waals surface area (Å²) in [5, 5.41) is 0.403. The van der Waals surface area contributed by atoms with E-state index in [2.05, 4.69) is 9.97 Å². The Bertz CT molecular complexity index is 516. The van der Waals surface area contributed by atoms with Crippen LogP contribution < -0.4 is 10.5 Å². The fourth-order valence-corrected chi connectivity index (χ4v) is 1.49. The third-order valence-electron chi connectivity index (χ3n) is 2.11. The molecule has 0 spiro atoms. The molecule has 2 aromatic heterocycles. The van der Waals surface area contributed by atoms with Gasteiger partial charge in [-0.3, -0.25) is 0 Å². The topological polar surface area (TPSA) is 61.0 Å². The van der Waals surface area contributed by atoms with Crippen molar-refractivity contribution in [1.29, 1.82) is 0 Å². The minimum absolute atomic E-state index is 0.403. The second-order valence-electron chi connectivity index (χ2n) is 3.16. The van der Waals surface area contributed by atoms with Crippen LogP contribution in [0.4, 0.5) is 5.69 Å². The molecular formula is C11H10ClN3O. The summed E-state index contributed by atoms with van der Waals surface area (Å²) in [5.41, 5.74) is 7.86. The van der Waals surface area contributed by atoms with Gasteiger partial charge in [-0.2, -0.15) is 0 Å². The quantitative estimate of drug-likeness (QED) is 0.812. The molecule has 0 aliphatic heterocycles. The van der Waals surface area contributed by atoms with E-state index in [0.717, 1.165) is 5.56 Å². The molecule has 2 heterocycles. The van der Waals surface area contributed by atoms with E-state index in [9.17, 15) is 0 Å². The lowest BCUT2D eigenvalue weighted by Gasteiger charge is -2.06. The van der Waals surface area contributed by atoms with E-state index in [1.54, 1.807) is 37.6 Å². The summed E-state index contributed by atoms with van der Waals surface area (Å²) in [6, 6.07) is 6.93. The van der Waals surface area contributed by atoms with Gasteiger partial charge in [-0.1, -0.05) is 11.6 Å². The zero-order valence-electron chi connectivity index (χ0n) is 8.64. The number of anilines is 1. The molecule has 0 fully saturated rings. The van der Waals surface area contributed by atoms with Gasteiger partial charge in [0.05, 0.1) is 18.5 Å². The number of nitrogen functional groups attached to an aromatic ring is 1. The third kappa shape index (κ3) is 2.06. The van der Waals surface area contributed by atoms with E-state index >= 15 is 0 Å². The van der Waals surface area contributed by atoms with Crippen LogP contribution in [0.1, 0.15) is 0 Å². The Morgan fingerprint density at radius 2 is 2.12 bits per heavy atom. The molecule has 0 unspecified atom stereocenters. The summed E-state index contributed by atoms with van der Waals surface area (Å²) in [5.74, 6) is 0.513. The van der Waals surface area contributed by atoms with E-state index in [1.165, 1.54) is 0 Å². The van der Waals surface area contributed by atoms with Gasteiger partial charge in [-0.05, 0) is 18.2 Å². The van der Waals surface area contributed by atoms with E-state index < -0.39 is 0 Å². The highest BCUT2D eigenvalue weighted by Crippen LogP contribution is 2.26. The van der Waals surface area contributed by atoms with E-state index in [0.29, 0.717) is 22.4 Å². The number of ether oxygens (including phenoxy) is 1. The first-order chi connectivity index (χ1) is 7.70. The first-order valence-electron chi connectivity index (χ1n) is 4.63. The normalized spacial score (nSPS) is 10.1. The van der Waals surface area contributed by atoms with Gasteiger partial charge in [0.25, 0.3) is 0 Å². The molecule has 82 valence electrons. The Kier molecular flexibility index (Phi) is 2.92. The number of nitrogens with two attached hydrogens (primary N) is 1. The summed E-state index contributed by atoms with van der Waals surface area (Å²) in [7, 11) is 1.56. The maximum Gasteiger partial charge on any atom is 0.213 e. The van der Waals surface area contributed by atoms with Gasteiger partial charge in [0.1, 0.15) is 5.15 Å². The van der Waals surface area contributed by atoms with Crippen LogP contribution >= 0.6 is 11.6 Å². The Balaban J connectivity index is 2.53. The van der Waals surface area contributed by atoms with Gasteiger partial charge >= 0.3 is 0 Å². The SMILES string of the molecule is COc1cc(-c2nc(Cl)ccc2N)ccn1. The Morgan fingerprint density at radius 1 is 1.31 bits per heavy atom. The third-order valence-corrected chi connectivity index (χ3v) is 2.32. The molecule has 16 heavy (non-hydrogen) atoms. The first-order valence-corrected chi connectivity index (χ1v) is 5.01. The maximum atomic E-state index is 5.83. The van der Waals surface area contributed by atoms with Crippen LogP contribution in [0, 0.1) is 0 Å². The molecule has 4 nitrogen and oxygen atoms in total. The average Bonchev–Trinajstić information content (AvgIpc) is 2.32. The molecule has 2 aromatic rings. The maximum absolute atomic E-state index is 5.83. The second kappa shape index (κ2) is 4.37. The zero-order chi connectivity index (χ0) is 11.5. The lowest BCUT2D eigenvalue weighted by Crippen LogP contribution is -1.94. The summed E-state index contributed by atoms with van der Waals surface area (Å²) in [6.45, 7) is 0. The van der Waals surface area contributed by atoms with Crippen molar-refractivity contribution in [2.45, 2.75) is 0 Å². The van der Waals surface area contributed by atoms with E-state index in [-0.39, 0.29) is 0 Å². The molecule has 0 amide bonds. The first kappa shape index (κ1) is 10.7. The number of halogens is 1. The van der Waals surface area contributed by atoms with Crippen molar-refractivity contribution in [2.75, 3.05) is 12.8 Å². The van der Waals surface area contributed by atoms with Crippen LogP contribution in [-0.4, -0.2) is 17.1 Å². The van der Waals surface area contributed by atoms with Crippen molar-refractivity contribution < 1.29 is 4.74 Å². The number of rotatable bonds is 2. The highest BCUT2D eigenvalue weighted by Gasteiger charge is 2.06. The highest BCUT2D eigenvalue weighted by atomic mass is 35.5. The zero-order valence-corrected chi connectivity index (χ0v) is 9.40. The second-order valence-corrected chi connectivity index (χ2v) is 3.55. The standard InChI is InChI=1S/C11H10ClN3O/c1-16-10-6-7(4-5-14-10)11-8(13)2-3-9(12)15-11/h2-6H,13H2,1H3. The fourth-order valence-electron chi connectivity index (χ4n) is 1.35. The summed E-state index contributed by atoms with van der Waals surface area (Å²) >= 11 is 5.83. The Morgan fingerprint density at radius 3 is 2.88 bits per heavy atom. The predicted octanol–water partition coefficient (Wildman–Crippen LogP) is 2.39. The number of hydrogen-bond donors (Lipinski definition) is 1. The van der Waals surface area contributed by atoms with Crippen LogP contribution in [0.15, 0.2) is 30.5 Å². The predicted molar refractivity (Wildman–Crippen MR) is 63.4 cm³/mol. The molecular weight excluding hydrogens is 226 g/mol. The van der Waals surface area contributed by atoms with Crippen LogP contribution in [-0.2, 0) is 0 Å². The van der Waals surface area contributed by atoms with Crippen molar-refractivity contribution in [2.24, 2.45) is 0 Å². The molecule has 2 N–H and O–H groups in total. The van der Waals surface area contributed by atoms with Crippen LogP contribution in [0.5, 0.6) is 5.88 Å². The minimum atomic E-state index is 0.403. The van der Waals surface area contributed by atoms with Gasteiger partial charge in [0.15, 0.2) is 0 Å². The number of aromatic nitrogens is 2. The van der Waals surface area contributed by atoms with Crippen molar-refractivity contribution in [3.05, 3.63) is 35.6 Å². The molecule has 2 rings (SSSR count). The Labute approximate surface area is 98.0 Å². The van der Waals surface area contributed by atoms with E-state index in [4.69, 9.17) is 22.1 Å². The van der Waals surface area contributed by atoms with E-state index in [1.807, 2.05) is 0 Å². The number of pyridine rings is 2. The molecule has 0 radical (unpaired) electrons. The lowest BCUT2D eigenvalue weighted by molar-refractivity contribution is 0.398. The Hall–Kier alpha value is -1.81. The number of hydrogen-bond acceptors (Lipinski definition) is 4. The molecule has 0 saturated heterocycles. The van der Waals surface area contributed by atoms with Crippen molar-refractivity contribution in [1.82, 2.24) is 9.97 Å². The fraction of sp³-hybridized carbons (Fsp3) is 0.0909. The summed E-state index contributed by atoms with van der Waals surface area (Å²) in [4.78, 5) is 8.19. The van der Waals surface area contributed by atoms with Gasteiger partial charge in [0, 0.05) is 17.8 Å². The number of nitrogens with zero attached hydrogens (tertiary/aromatic N) is 2. The minimum Gasteiger partial charge on any atom is -0.481 e. The van der Waals surface area contributed by atoms with Crippen molar-refractivity contribution >= 4 is 17.3 Å². The molecule has 0 atom stereocenters. The van der Waals surface area contributed by atoms with Gasteiger partial charge in [0.2, 0.25) is 5.88 Å². The van der Waals surface area contributed by atoms with Crippen LogP contribution in [0.3, 0.4) is 0 Å². The molecule has 0 aromatic carbocycles. The molecule has 5 heteroatoms.